The fraction of sp³-hybridized carbons (Fsp3) is 0.875. The van der Waals surface area contributed by atoms with Crippen molar-refractivity contribution in [1.82, 2.24) is 0 Å². The predicted molar refractivity (Wildman–Crippen MR) is 109 cm³/mol. The van der Waals surface area contributed by atoms with Gasteiger partial charge in [-0.2, -0.15) is 0 Å². The summed E-state index contributed by atoms with van der Waals surface area (Å²) >= 11 is 0. The van der Waals surface area contributed by atoms with E-state index in [1.807, 2.05) is 6.08 Å². The second kappa shape index (κ2) is 7.66. The summed E-state index contributed by atoms with van der Waals surface area (Å²) in [7, 11) is 0. The minimum absolute atomic E-state index is 0.00169. The van der Waals surface area contributed by atoms with E-state index in [1.54, 1.807) is 0 Å². The van der Waals surface area contributed by atoms with E-state index in [2.05, 4.69) is 26.8 Å². The number of aliphatic hydroxyl groups excluding tert-OH is 1. The molecule has 4 nitrogen and oxygen atoms in total. The third-order valence-electron chi connectivity index (χ3n) is 9.04. The zero-order valence-electron chi connectivity index (χ0n) is 17.9. The molecule has 0 radical (unpaired) electrons. The third kappa shape index (κ3) is 3.30. The van der Waals surface area contributed by atoms with Gasteiger partial charge in [0.05, 0.1) is 12.7 Å². The molecule has 0 aromatic heterocycles. The monoisotopic (exact) mass is 390 g/mol. The number of hydrogen-bond acceptors (Lipinski definition) is 4. The van der Waals surface area contributed by atoms with Gasteiger partial charge >= 0.3 is 6.16 Å². The lowest BCUT2D eigenvalue weighted by atomic mass is 9.46. The van der Waals surface area contributed by atoms with Gasteiger partial charge in [0.2, 0.25) is 0 Å². The first kappa shape index (κ1) is 20.3. The fourth-order valence-electron chi connectivity index (χ4n) is 7.39. The first-order valence-electron chi connectivity index (χ1n) is 11.6. The molecule has 0 aliphatic heterocycles. The van der Waals surface area contributed by atoms with E-state index in [4.69, 9.17) is 9.47 Å². The topological polar surface area (TPSA) is 55.8 Å². The molecule has 0 unspecified atom stereocenters. The van der Waals surface area contributed by atoms with Crippen molar-refractivity contribution in [2.45, 2.75) is 90.8 Å². The van der Waals surface area contributed by atoms with Crippen molar-refractivity contribution in [1.29, 1.82) is 0 Å². The number of rotatable bonds is 4. The first-order valence-corrected chi connectivity index (χ1v) is 11.6. The molecule has 8 atom stereocenters. The minimum atomic E-state index is -0.470. The molecule has 4 aliphatic rings. The molecule has 4 rings (SSSR count). The Morgan fingerprint density at radius 3 is 2.75 bits per heavy atom. The SMILES string of the molecule is CCCCOC(=O)O[C@H]1CC[C@H]2[C@@H]3CC[C@H]4C[C@@H](O)C=C[C@]4(C)[C@H]3CC[C@]12C. The summed E-state index contributed by atoms with van der Waals surface area (Å²) in [5, 5.41) is 10.1. The Morgan fingerprint density at radius 1 is 1.14 bits per heavy atom. The van der Waals surface area contributed by atoms with Crippen molar-refractivity contribution in [3.63, 3.8) is 0 Å². The van der Waals surface area contributed by atoms with Gasteiger partial charge in [-0.1, -0.05) is 39.3 Å². The van der Waals surface area contributed by atoms with Crippen LogP contribution in [0.3, 0.4) is 0 Å². The number of carbonyl (C=O) groups is 1. The highest BCUT2D eigenvalue weighted by molar-refractivity contribution is 5.60. The van der Waals surface area contributed by atoms with Gasteiger partial charge < -0.3 is 14.6 Å². The zero-order chi connectivity index (χ0) is 19.9. The molecule has 1 N–H and O–H groups in total. The smallest absolute Gasteiger partial charge is 0.434 e. The second-order valence-electron chi connectivity index (χ2n) is 10.4. The number of fused-ring (bicyclic) bond motifs is 5. The lowest BCUT2D eigenvalue weighted by Gasteiger charge is -2.59. The van der Waals surface area contributed by atoms with Gasteiger partial charge in [-0.05, 0) is 80.5 Å². The summed E-state index contributed by atoms with van der Waals surface area (Å²) in [6.45, 7) is 7.35. The van der Waals surface area contributed by atoms with E-state index in [0.29, 0.717) is 30.3 Å². The van der Waals surface area contributed by atoms with Crippen LogP contribution < -0.4 is 0 Å². The molecule has 4 heteroatoms. The largest absolute Gasteiger partial charge is 0.508 e. The van der Waals surface area contributed by atoms with Crippen molar-refractivity contribution in [3.05, 3.63) is 12.2 Å². The molecule has 0 amide bonds. The van der Waals surface area contributed by atoms with Gasteiger partial charge in [-0.15, -0.1) is 0 Å². The number of allylic oxidation sites excluding steroid dienone is 1. The van der Waals surface area contributed by atoms with Crippen LogP contribution in [0.5, 0.6) is 0 Å². The van der Waals surface area contributed by atoms with E-state index >= 15 is 0 Å². The second-order valence-corrected chi connectivity index (χ2v) is 10.4. The van der Waals surface area contributed by atoms with Gasteiger partial charge in [0.15, 0.2) is 0 Å². The van der Waals surface area contributed by atoms with Crippen LogP contribution in [0.4, 0.5) is 4.79 Å². The van der Waals surface area contributed by atoms with Crippen LogP contribution in [-0.2, 0) is 9.47 Å². The van der Waals surface area contributed by atoms with E-state index in [0.717, 1.165) is 38.5 Å². The normalized spacial score (nSPS) is 47.0. The molecule has 28 heavy (non-hydrogen) atoms. The highest BCUT2D eigenvalue weighted by Crippen LogP contribution is 2.65. The Bertz CT molecular complexity index is 616. The molecule has 0 aromatic carbocycles. The van der Waals surface area contributed by atoms with Crippen molar-refractivity contribution >= 4 is 6.16 Å². The van der Waals surface area contributed by atoms with Gasteiger partial charge in [0.1, 0.15) is 6.10 Å². The van der Waals surface area contributed by atoms with E-state index in [-0.39, 0.29) is 23.0 Å². The maximum absolute atomic E-state index is 12.2. The van der Waals surface area contributed by atoms with Gasteiger partial charge in [-0.3, -0.25) is 0 Å². The molecule has 3 saturated carbocycles. The van der Waals surface area contributed by atoms with Crippen LogP contribution in [0.2, 0.25) is 0 Å². The highest BCUT2D eigenvalue weighted by Gasteiger charge is 2.60. The number of ether oxygens (including phenoxy) is 2. The Morgan fingerprint density at radius 2 is 1.96 bits per heavy atom. The Kier molecular flexibility index (Phi) is 5.54. The van der Waals surface area contributed by atoms with E-state index in [9.17, 15) is 9.90 Å². The number of unbranched alkanes of at least 4 members (excludes halogenated alkanes) is 1. The standard InChI is InChI=1S/C24H38O4/c1-4-5-14-27-22(26)28-21-9-8-19-18-7-6-16-15-17(25)10-12-23(16,2)20(18)11-13-24(19,21)3/h10,12,16-21,25H,4-9,11,13-15H2,1-3H3/t16-,17-,18-,19-,20-,21-,23-,24-/m0/s1. The molecule has 0 spiro atoms. The van der Waals surface area contributed by atoms with Gasteiger partial charge in [-0.25, -0.2) is 4.79 Å². The maximum Gasteiger partial charge on any atom is 0.508 e. The molecule has 158 valence electrons. The summed E-state index contributed by atoms with van der Waals surface area (Å²) in [5.74, 6) is 2.66. The average molecular weight is 391 g/mol. The third-order valence-corrected chi connectivity index (χ3v) is 9.04. The number of carbonyl (C=O) groups excluding carboxylic acids is 1. The first-order chi connectivity index (χ1) is 13.4. The lowest BCUT2D eigenvalue weighted by molar-refractivity contribution is -0.107. The molecule has 4 aliphatic carbocycles. The van der Waals surface area contributed by atoms with Crippen LogP contribution >= 0.6 is 0 Å². The van der Waals surface area contributed by atoms with Crippen LogP contribution in [0.15, 0.2) is 12.2 Å². The van der Waals surface area contributed by atoms with Gasteiger partial charge in [0.25, 0.3) is 0 Å². The van der Waals surface area contributed by atoms with Crippen LogP contribution in [0.25, 0.3) is 0 Å². The van der Waals surface area contributed by atoms with E-state index in [1.165, 1.54) is 19.3 Å². The maximum atomic E-state index is 12.2. The van der Waals surface area contributed by atoms with Crippen LogP contribution in [0, 0.1) is 34.5 Å². The van der Waals surface area contributed by atoms with Crippen LogP contribution in [-0.4, -0.2) is 30.1 Å². The van der Waals surface area contributed by atoms with Gasteiger partial charge in [0, 0.05) is 5.41 Å². The Balaban J connectivity index is 1.46. The summed E-state index contributed by atoms with van der Waals surface area (Å²) in [5.41, 5.74) is 0.313. The zero-order valence-corrected chi connectivity index (χ0v) is 17.9. The lowest BCUT2D eigenvalue weighted by Crippen LogP contribution is -2.53. The predicted octanol–water partition coefficient (Wildman–Crippen LogP) is 5.49. The highest BCUT2D eigenvalue weighted by atomic mass is 16.7. The molecule has 0 saturated heterocycles. The van der Waals surface area contributed by atoms with E-state index < -0.39 is 6.16 Å². The molecular weight excluding hydrogens is 352 g/mol. The Hall–Kier alpha value is -1.03. The molecule has 0 aromatic rings. The van der Waals surface area contributed by atoms with Crippen molar-refractivity contribution in [2.75, 3.05) is 6.61 Å². The summed E-state index contributed by atoms with van der Waals surface area (Å²) in [6.07, 6.45) is 13.5. The molecule has 0 bridgehead atoms. The average Bonchev–Trinajstić information content (AvgIpc) is 2.99. The number of aliphatic hydroxyl groups is 1. The number of hydrogen-bond donors (Lipinski definition) is 1. The van der Waals surface area contributed by atoms with Crippen LogP contribution in [0.1, 0.15) is 78.6 Å². The summed E-state index contributed by atoms with van der Waals surface area (Å²) < 4.78 is 11.1. The molecule has 3 fully saturated rings. The van der Waals surface area contributed by atoms with Crippen molar-refractivity contribution < 1.29 is 19.4 Å². The minimum Gasteiger partial charge on any atom is -0.434 e. The molecule has 0 heterocycles. The van der Waals surface area contributed by atoms with Crippen molar-refractivity contribution in [2.24, 2.45) is 34.5 Å². The Labute approximate surface area is 170 Å². The fourth-order valence-corrected chi connectivity index (χ4v) is 7.39. The molecular formula is C24H38O4. The van der Waals surface area contributed by atoms with Crippen molar-refractivity contribution in [3.8, 4) is 0 Å². The summed E-state index contributed by atoms with van der Waals surface area (Å²) in [6, 6.07) is 0. The quantitative estimate of drug-likeness (QED) is 0.392. The summed E-state index contributed by atoms with van der Waals surface area (Å²) in [4.78, 5) is 12.2.